The summed E-state index contributed by atoms with van der Waals surface area (Å²) in [7, 11) is 0.419. The van der Waals surface area contributed by atoms with E-state index < -0.39 is 11.2 Å². The Kier molecular flexibility index (Phi) is 3.47. The highest BCUT2D eigenvalue weighted by Gasteiger charge is 2.35. The van der Waals surface area contributed by atoms with Crippen LogP contribution in [-0.2, 0) is 4.65 Å². The third-order valence-corrected chi connectivity index (χ3v) is 3.74. The Balaban J connectivity index is 1.93. The molecule has 4 nitrogen and oxygen atoms in total. The van der Waals surface area contributed by atoms with E-state index in [1.165, 1.54) is 12.8 Å². The molecule has 1 N–H and O–H groups in total. The minimum atomic E-state index is -0.887. The van der Waals surface area contributed by atoms with Gasteiger partial charge < -0.3 is 9.76 Å². The Hall–Kier alpha value is -0.935. The molecule has 0 saturated heterocycles. The molecule has 0 amide bonds. The maximum atomic E-state index is 9.99. The van der Waals surface area contributed by atoms with Crippen molar-refractivity contribution in [2.24, 2.45) is 0 Å². The predicted octanol–water partition coefficient (Wildman–Crippen LogP) is 0.897. The van der Waals surface area contributed by atoms with Crippen molar-refractivity contribution in [3.63, 3.8) is 0 Å². The fourth-order valence-electron chi connectivity index (χ4n) is 1.43. The molecule has 0 aliphatic heterocycles. The molecule has 1 heterocycles. The van der Waals surface area contributed by atoms with Crippen LogP contribution < -0.4 is 5.46 Å². The van der Waals surface area contributed by atoms with Crippen LogP contribution >= 0.6 is 0 Å². The second kappa shape index (κ2) is 4.63. The molecular formula is C13H21BN2O2. The average Bonchev–Trinajstić information content (AvgIpc) is 3.09. The molecule has 2 rings (SSSR count). The van der Waals surface area contributed by atoms with E-state index in [1.807, 2.05) is 26.2 Å². The Labute approximate surface area is 109 Å². The van der Waals surface area contributed by atoms with Gasteiger partial charge in [0.25, 0.3) is 0 Å². The quantitative estimate of drug-likeness (QED) is 0.786. The average molecular weight is 248 g/mol. The van der Waals surface area contributed by atoms with Crippen LogP contribution in [0.4, 0.5) is 0 Å². The van der Waals surface area contributed by atoms with Crippen LogP contribution in [0.5, 0.6) is 0 Å². The number of aliphatic hydroxyl groups is 1. The number of hydrogen-bond acceptors (Lipinski definition) is 4. The monoisotopic (exact) mass is 248 g/mol. The van der Waals surface area contributed by atoms with Crippen LogP contribution in [0.1, 0.15) is 52.3 Å². The first-order chi connectivity index (χ1) is 8.29. The van der Waals surface area contributed by atoms with Crippen molar-refractivity contribution in [3.05, 3.63) is 18.2 Å². The minimum Gasteiger partial charge on any atom is -0.427 e. The molecule has 0 radical (unpaired) electrons. The first kappa shape index (κ1) is 13.5. The largest absolute Gasteiger partial charge is 0.427 e. The molecule has 1 aliphatic rings. The first-order valence-electron chi connectivity index (χ1n) is 6.47. The normalized spacial score (nSPS) is 16.7. The van der Waals surface area contributed by atoms with Crippen molar-refractivity contribution in [1.82, 2.24) is 9.97 Å². The Morgan fingerprint density at radius 1 is 1.22 bits per heavy atom. The van der Waals surface area contributed by atoms with E-state index in [0.29, 0.717) is 13.4 Å². The van der Waals surface area contributed by atoms with Gasteiger partial charge in [-0.1, -0.05) is 0 Å². The molecule has 5 heteroatoms. The van der Waals surface area contributed by atoms with Crippen LogP contribution in [0.3, 0.4) is 0 Å². The van der Waals surface area contributed by atoms with E-state index in [2.05, 4.69) is 9.97 Å². The van der Waals surface area contributed by atoms with Gasteiger partial charge in [-0.05, 0) is 46.0 Å². The summed E-state index contributed by atoms with van der Waals surface area (Å²) in [5, 5.41) is 9.99. The van der Waals surface area contributed by atoms with E-state index in [9.17, 15) is 5.11 Å². The molecule has 1 aliphatic carbocycles. The molecule has 0 bridgehead atoms. The number of hydrogen-bond donors (Lipinski definition) is 1. The fraction of sp³-hybridized carbons (Fsp3) is 0.692. The van der Waals surface area contributed by atoms with E-state index >= 15 is 0 Å². The zero-order valence-corrected chi connectivity index (χ0v) is 11.6. The predicted molar refractivity (Wildman–Crippen MR) is 72.3 cm³/mol. The van der Waals surface area contributed by atoms with E-state index in [0.717, 1.165) is 11.3 Å². The molecule has 1 aromatic rings. The van der Waals surface area contributed by atoms with Crippen LogP contribution in [0, 0.1) is 0 Å². The Bertz CT molecular complexity index is 408. The fourth-order valence-corrected chi connectivity index (χ4v) is 1.43. The van der Waals surface area contributed by atoms with Gasteiger partial charge in [0.2, 0.25) is 0 Å². The first-order valence-corrected chi connectivity index (χ1v) is 6.47. The van der Waals surface area contributed by atoms with Gasteiger partial charge in [-0.3, -0.25) is 0 Å². The summed E-state index contributed by atoms with van der Waals surface area (Å²) >= 11 is 0. The second-order valence-corrected chi connectivity index (χ2v) is 6.08. The summed E-state index contributed by atoms with van der Waals surface area (Å²) in [5.41, 5.74) is -0.555. The van der Waals surface area contributed by atoms with Crippen molar-refractivity contribution in [1.29, 1.82) is 0 Å². The zero-order chi connectivity index (χ0) is 13.4. The summed E-state index contributed by atoms with van der Waals surface area (Å²) in [6.07, 6.45) is 6.06. The van der Waals surface area contributed by atoms with Gasteiger partial charge in [0.05, 0.1) is 11.2 Å². The molecule has 0 spiro atoms. The van der Waals surface area contributed by atoms with E-state index in [1.54, 1.807) is 13.8 Å². The molecule has 1 saturated carbocycles. The van der Waals surface area contributed by atoms with E-state index in [-0.39, 0.29) is 0 Å². The molecule has 0 unspecified atom stereocenters. The smallest absolute Gasteiger partial charge is 0.312 e. The second-order valence-electron chi connectivity index (χ2n) is 6.08. The van der Waals surface area contributed by atoms with Gasteiger partial charge in [-0.15, -0.1) is 0 Å². The lowest BCUT2D eigenvalue weighted by atomic mass is 9.84. The summed E-state index contributed by atoms with van der Waals surface area (Å²) < 4.78 is 5.77. The van der Waals surface area contributed by atoms with Gasteiger partial charge in [0.15, 0.2) is 0 Å². The van der Waals surface area contributed by atoms with Gasteiger partial charge >= 0.3 is 7.48 Å². The Morgan fingerprint density at radius 2 is 1.78 bits per heavy atom. The maximum absolute atomic E-state index is 9.99. The van der Waals surface area contributed by atoms with Crippen molar-refractivity contribution < 1.29 is 9.76 Å². The van der Waals surface area contributed by atoms with Crippen molar-refractivity contribution in [2.45, 2.75) is 57.7 Å². The molecule has 98 valence electrons. The van der Waals surface area contributed by atoms with Gasteiger partial charge in [-0.2, -0.15) is 0 Å². The summed E-state index contributed by atoms with van der Waals surface area (Å²) in [5.74, 6) is 1.52. The van der Waals surface area contributed by atoms with Crippen molar-refractivity contribution in [3.8, 4) is 0 Å². The van der Waals surface area contributed by atoms with Crippen LogP contribution in [0.25, 0.3) is 0 Å². The van der Waals surface area contributed by atoms with Crippen molar-refractivity contribution >= 4 is 12.9 Å². The number of nitrogens with zero attached hydrogens (tertiary/aromatic N) is 2. The lowest BCUT2D eigenvalue weighted by Gasteiger charge is -2.37. The van der Waals surface area contributed by atoms with Gasteiger partial charge in [0.1, 0.15) is 5.82 Å². The molecular weight excluding hydrogens is 227 g/mol. The zero-order valence-electron chi connectivity index (χ0n) is 11.6. The number of rotatable bonds is 5. The van der Waals surface area contributed by atoms with Gasteiger partial charge in [-0.25, -0.2) is 9.97 Å². The summed E-state index contributed by atoms with van der Waals surface area (Å²) in [4.78, 5) is 8.70. The lowest BCUT2D eigenvalue weighted by Crippen LogP contribution is -2.49. The van der Waals surface area contributed by atoms with Crippen molar-refractivity contribution in [2.75, 3.05) is 0 Å². The maximum Gasteiger partial charge on any atom is 0.312 e. The Morgan fingerprint density at radius 3 is 2.22 bits per heavy atom. The lowest BCUT2D eigenvalue weighted by molar-refractivity contribution is -0.0893. The number of aromatic nitrogens is 2. The molecule has 1 aromatic heterocycles. The summed E-state index contributed by atoms with van der Waals surface area (Å²) in [6, 6.07) is 0. The molecule has 18 heavy (non-hydrogen) atoms. The van der Waals surface area contributed by atoms with Crippen LogP contribution in [-0.4, -0.2) is 33.8 Å². The van der Waals surface area contributed by atoms with Crippen LogP contribution in [0.15, 0.2) is 12.4 Å². The molecule has 1 fully saturated rings. The highest BCUT2D eigenvalue weighted by Crippen LogP contribution is 2.37. The third kappa shape index (κ3) is 3.09. The minimum absolute atomic E-state index is 0.419. The van der Waals surface area contributed by atoms with Gasteiger partial charge in [0, 0.05) is 18.3 Å². The summed E-state index contributed by atoms with van der Waals surface area (Å²) in [6.45, 7) is 7.26. The van der Waals surface area contributed by atoms with Crippen LogP contribution in [0.2, 0.25) is 0 Å². The standard InChI is InChI=1S/C13H21BN2O2/c1-12(2,17)13(3,4)18-14-10-7-15-11(16-8-10)9-5-6-9/h7-9,14,17H,5-6H2,1-4H3. The highest BCUT2D eigenvalue weighted by molar-refractivity contribution is 6.46. The van der Waals surface area contributed by atoms with E-state index in [4.69, 9.17) is 4.65 Å². The molecule has 0 atom stereocenters. The topological polar surface area (TPSA) is 55.2 Å². The SMILES string of the molecule is CC(C)(O)C(C)(C)OBc1cnc(C2CC2)nc1. The molecule has 0 aromatic carbocycles. The third-order valence-electron chi connectivity index (χ3n) is 3.74. The highest BCUT2D eigenvalue weighted by atomic mass is 16.5.